The maximum Gasteiger partial charge on any atom is 0.573 e. The number of benzene rings is 2. The highest BCUT2D eigenvalue weighted by atomic mass is 32.1. The number of alkyl halides is 3. The third kappa shape index (κ3) is 8.76. The molecule has 0 aliphatic rings. The van der Waals surface area contributed by atoms with Crippen LogP contribution in [-0.2, 0) is 21.5 Å². The fourth-order valence-electron chi connectivity index (χ4n) is 3.53. The van der Waals surface area contributed by atoms with E-state index in [2.05, 4.69) is 35.8 Å². The zero-order valence-corrected chi connectivity index (χ0v) is 22.4. The first-order chi connectivity index (χ1) is 17.8. The normalized spacial score (nSPS) is 12.3. The highest BCUT2D eigenvalue weighted by Crippen LogP contribution is 2.27. The van der Waals surface area contributed by atoms with Crippen LogP contribution in [-0.4, -0.2) is 35.9 Å². The predicted octanol–water partition coefficient (Wildman–Crippen LogP) is 5.45. The highest BCUT2D eigenvalue weighted by molar-refractivity contribution is 7.07. The Kier molecular flexibility index (Phi) is 9.37. The summed E-state index contributed by atoms with van der Waals surface area (Å²) in [6.45, 7) is 8.32. The third-order valence-corrected chi connectivity index (χ3v) is 6.28. The van der Waals surface area contributed by atoms with Gasteiger partial charge in [-0.3, -0.25) is 9.59 Å². The number of nitrogens with zero attached hydrogens (tertiary/aromatic N) is 2. The van der Waals surface area contributed by atoms with Gasteiger partial charge in [-0.1, -0.05) is 32.9 Å². The number of nitrogens with one attached hydrogen (secondary N) is 1. The first-order valence-corrected chi connectivity index (χ1v) is 12.8. The Labute approximate surface area is 222 Å². The Bertz CT molecular complexity index is 1310. The average molecular weight is 550 g/mol. The standard InChI is InChI=1S/C27H30F3N3O4S/c1-18(34)31-14-5-15-33-23(19-6-10-22(11-7-19)37-27(28,29)30)17-38-25(33)32-24(35)16-36-21-12-8-20(9-13-21)26(2,3)4/h6-13,17H,5,14-16H2,1-4H3,(H,31,34)/b32-25-. The Hall–Kier alpha value is -3.60. The average Bonchev–Trinajstić information content (AvgIpc) is 3.21. The lowest BCUT2D eigenvalue weighted by atomic mass is 9.87. The lowest BCUT2D eigenvalue weighted by Gasteiger charge is -2.19. The minimum absolute atomic E-state index is 0.000201. The van der Waals surface area contributed by atoms with Gasteiger partial charge >= 0.3 is 6.36 Å². The van der Waals surface area contributed by atoms with Crippen molar-refractivity contribution >= 4 is 23.2 Å². The smallest absolute Gasteiger partial charge is 0.484 e. The van der Waals surface area contributed by atoms with Crippen molar-refractivity contribution in [1.29, 1.82) is 0 Å². The van der Waals surface area contributed by atoms with Crippen molar-refractivity contribution < 1.29 is 32.2 Å². The highest BCUT2D eigenvalue weighted by Gasteiger charge is 2.31. The largest absolute Gasteiger partial charge is 0.573 e. The molecule has 2 aromatic carbocycles. The van der Waals surface area contributed by atoms with Gasteiger partial charge in [0.15, 0.2) is 11.4 Å². The molecule has 38 heavy (non-hydrogen) atoms. The lowest BCUT2D eigenvalue weighted by Crippen LogP contribution is -2.25. The second-order valence-corrected chi connectivity index (χ2v) is 10.4. The molecule has 1 N–H and O–H groups in total. The molecule has 0 atom stereocenters. The molecule has 0 bridgehead atoms. The summed E-state index contributed by atoms with van der Waals surface area (Å²) in [5.74, 6) is -0.421. The summed E-state index contributed by atoms with van der Waals surface area (Å²) in [6, 6.07) is 13.0. The van der Waals surface area contributed by atoms with Crippen LogP contribution in [0.3, 0.4) is 0 Å². The number of halogens is 3. The van der Waals surface area contributed by atoms with E-state index in [-0.39, 0.29) is 23.7 Å². The van der Waals surface area contributed by atoms with Crippen molar-refractivity contribution in [3.8, 4) is 22.8 Å². The SMILES string of the molecule is CC(=O)NCCCn1c(-c2ccc(OC(F)(F)F)cc2)cs/c1=N\C(=O)COc1ccc(C(C)(C)C)cc1. The summed E-state index contributed by atoms with van der Waals surface area (Å²) in [5.41, 5.74) is 2.44. The molecule has 0 aliphatic carbocycles. The lowest BCUT2D eigenvalue weighted by molar-refractivity contribution is -0.274. The van der Waals surface area contributed by atoms with E-state index >= 15 is 0 Å². The van der Waals surface area contributed by atoms with Gasteiger partial charge in [0.25, 0.3) is 5.91 Å². The summed E-state index contributed by atoms with van der Waals surface area (Å²) in [6.07, 6.45) is -4.23. The molecule has 3 rings (SSSR count). The van der Waals surface area contributed by atoms with Gasteiger partial charge in [-0.05, 0) is 59.4 Å². The van der Waals surface area contributed by atoms with Gasteiger partial charge in [0.05, 0.1) is 5.69 Å². The van der Waals surface area contributed by atoms with E-state index in [0.29, 0.717) is 41.3 Å². The Morgan fingerprint density at radius 3 is 2.21 bits per heavy atom. The fourth-order valence-corrected chi connectivity index (χ4v) is 4.48. The van der Waals surface area contributed by atoms with E-state index in [0.717, 1.165) is 5.56 Å². The van der Waals surface area contributed by atoms with E-state index in [4.69, 9.17) is 4.74 Å². The number of thiazole rings is 1. The minimum Gasteiger partial charge on any atom is -0.484 e. The number of rotatable bonds is 9. The van der Waals surface area contributed by atoms with Crippen molar-refractivity contribution in [2.75, 3.05) is 13.2 Å². The molecule has 0 fully saturated rings. The van der Waals surface area contributed by atoms with Crippen molar-refractivity contribution in [1.82, 2.24) is 9.88 Å². The number of carbonyl (C=O) groups is 2. The Morgan fingerprint density at radius 2 is 1.63 bits per heavy atom. The van der Waals surface area contributed by atoms with E-state index in [1.54, 1.807) is 9.95 Å². The number of hydrogen-bond acceptors (Lipinski definition) is 5. The van der Waals surface area contributed by atoms with E-state index in [9.17, 15) is 22.8 Å². The molecule has 7 nitrogen and oxygen atoms in total. The van der Waals surface area contributed by atoms with Crippen LogP contribution in [0.1, 0.15) is 39.7 Å². The van der Waals surface area contributed by atoms with Crippen LogP contribution in [0.2, 0.25) is 0 Å². The molecule has 1 aromatic heterocycles. The first kappa shape index (κ1) is 29.0. The molecule has 3 aromatic rings. The molecule has 1 heterocycles. The zero-order chi connectivity index (χ0) is 27.9. The number of aromatic nitrogens is 1. The number of hydrogen-bond donors (Lipinski definition) is 1. The Balaban J connectivity index is 1.79. The second kappa shape index (κ2) is 12.3. The van der Waals surface area contributed by atoms with Gasteiger partial charge in [0.2, 0.25) is 5.91 Å². The van der Waals surface area contributed by atoms with Gasteiger partial charge in [0, 0.05) is 25.4 Å². The van der Waals surface area contributed by atoms with Crippen LogP contribution in [0, 0.1) is 0 Å². The molecule has 0 aliphatic heterocycles. The van der Waals surface area contributed by atoms with Crippen LogP contribution in [0.4, 0.5) is 13.2 Å². The first-order valence-electron chi connectivity index (χ1n) is 11.9. The molecule has 0 spiro atoms. The van der Waals surface area contributed by atoms with E-state index < -0.39 is 12.3 Å². The number of amides is 2. The molecule has 2 amide bonds. The van der Waals surface area contributed by atoms with Crippen LogP contribution in [0.25, 0.3) is 11.3 Å². The van der Waals surface area contributed by atoms with Crippen molar-refractivity contribution in [2.24, 2.45) is 4.99 Å². The maximum absolute atomic E-state index is 12.6. The monoisotopic (exact) mass is 549 g/mol. The van der Waals surface area contributed by atoms with Crippen LogP contribution < -0.4 is 19.6 Å². The topological polar surface area (TPSA) is 81.9 Å². The van der Waals surface area contributed by atoms with Crippen LogP contribution in [0.5, 0.6) is 11.5 Å². The van der Waals surface area contributed by atoms with Gasteiger partial charge in [-0.25, -0.2) is 0 Å². The molecular weight excluding hydrogens is 519 g/mol. The van der Waals surface area contributed by atoms with Crippen molar-refractivity contribution in [3.05, 3.63) is 64.3 Å². The summed E-state index contributed by atoms with van der Waals surface area (Å²) < 4.78 is 48.9. The van der Waals surface area contributed by atoms with Crippen molar-refractivity contribution in [3.63, 3.8) is 0 Å². The molecule has 0 unspecified atom stereocenters. The molecule has 0 radical (unpaired) electrons. The van der Waals surface area contributed by atoms with Crippen LogP contribution in [0.15, 0.2) is 58.9 Å². The van der Waals surface area contributed by atoms with E-state index in [1.165, 1.54) is 42.5 Å². The molecule has 204 valence electrons. The molecule has 0 saturated carbocycles. The third-order valence-electron chi connectivity index (χ3n) is 5.42. The summed E-state index contributed by atoms with van der Waals surface area (Å²) in [7, 11) is 0. The summed E-state index contributed by atoms with van der Waals surface area (Å²) in [4.78, 5) is 28.5. The molecule has 0 saturated heterocycles. The van der Waals surface area contributed by atoms with E-state index in [1.807, 2.05) is 24.3 Å². The van der Waals surface area contributed by atoms with Gasteiger partial charge < -0.3 is 19.4 Å². The quantitative estimate of drug-likeness (QED) is 0.360. The fraction of sp³-hybridized carbons (Fsp3) is 0.370. The van der Waals surface area contributed by atoms with Crippen molar-refractivity contribution in [2.45, 2.75) is 52.4 Å². The molecule has 11 heteroatoms. The Morgan fingerprint density at radius 1 is 1.00 bits per heavy atom. The maximum atomic E-state index is 12.6. The molecular formula is C27H30F3N3O4S. The van der Waals surface area contributed by atoms with Crippen LogP contribution >= 0.6 is 11.3 Å². The van der Waals surface area contributed by atoms with Gasteiger partial charge in [-0.2, -0.15) is 4.99 Å². The predicted molar refractivity (Wildman–Crippen MR) is 139 cm³/mol. The van der Waals surface area contributed by atoms with Gasteiger partial charge in [-0.15, -0.1) is 24.5 Å². The number of carbonyl (C=O) groups excluding carboxylic acids is 2. The summed E-state index contributed by atoms with van der Waals surface area (Å²) >= 11 is 1.23. The number of ether oxygens (including phenoxy) is 2. The second-order valence-electron chi connectivity index (χ2n) is 9.53. The summed E-state index contributed by atoms with van der Waals surface area (Å²) in [5, 5.41) is 4.49. The minimum atomic E-state index is -4.78. The zero-order valence-electron chi connectivity index (χ0n) is 21.6. The van der Waals surface area contributed by atoms with Gasteiger partial charge in [0.1, 0.15) is 11.5 Å².